The summed E-state index contributed by atoms with van der Waals surface area (Å²) in [5.41, 5.74) is 2.11. The zero-order chi connectivity index (χ0) is 22.6. The summed E-state index contributed by atoms with van der Waals surface area (Å²) in [7, 11) is 1.70. The fourth-order valence-corrected chi connectivity index (χ4v) is 3.63. The van der Waals surface area contributed by atoms with Crippen LogP contribution < -0.4 is 16.0 Å². The Balaban J connectivity index is 0.00000385. The molecule has 0 aliphatic carbocycles. The van der Waals surface area contributed by atoms with Gasteiger partial charge in [0.1, 0.15) is 5.82 Å². The van der Waals surface area contributed by atoms with Gasteiger partial charge in [-0.1, -0.05) is 42.5 Å². The third-order valence-corrected chi connectivity index (χ3v) is 5.40. The molecule has 0 saturated carbocycles. The molecule has 0 spiro atoms. The lowest BCUT2D eigenvalue weighted by molar-refractivity contribution is -0.121. The molecule has 1 aliphatic heterocycles. The van der Waals surface area contributed by atoms with Crippen LogP contribution in [0.1, 0.15) is 23.6 Å². The summed E-state index contributed by atoms with van der Waals surface area (Å²) in [6.45, 7) is 4.59. The van der Waals surface area contributed by atoms with Gasteiger partial charge in [0, 0.05) is 46.2 Å². The van der Waals surface area contributed by atoms with Crippen molar-refractivity contribution in [2.24, 2.45) is 4.99 Å². The van der Waals surface area contributed by atoms with E-state index in [9.17, 15) is 9.18 Å². The second-order valence-electron chi connectivity index (χ2n) is 7.61. The maximum atomic E-state index is 13.4. The number of nitrogens with one attached hydrogen (secondary N) is 3. The molecule has 3 rings (SSSR count). The van der Waals surface area contributed by atoms with E-state index in [1.54, 1.807) is 7.05 Å². The second-order valence-corrected chi connectivity index (χ2v) is 7.61. The van der Waals surface area contributed by atoms with Gasteiger partial charge in [0.05, 0.1) is 19.3 Å². The van der Waals surface area contributed by atoms with E-state index in [0.29, 0.717) is 45.2 Å². The molecule has 1 heterocycles. The first-order valence-electron chi connectivity index (χ1n) is 11.0. The van der Waals surface area contributed by atoms with Crippen LogP contribution in [0.3, 0.4) is 0 Å². The zero-order valence-corrected chi connectivity index (χ0v) is 21.3. The molecule has 0 radical (unpaired) electrons. The topological polar surface area (TPSA) is 78.0 Å². The summed E-state index contributed by atoms with van der Waals surface area (Å²) in [6.07, 6.45) is 0.346. The molecule has 9 heteroatoms. The SMILES string of the molecule is CN=C(NCCC(=O)NCc1ccccc1)NCC(c1ccc(F)cc1)N1CCOCC1.I. The first-order valence-corrected chi connectivity index (χ1v) is 11.0. The summed E-state index contributed by atoms with van der Waals surface area (Å²) in [4.78, 5) is 18.7. The molecule has 1 amide bonds. The van der Waals surface area contributed by atoms with Crippen LogP contribution in [0, 0.1) is 5.82 Å². The lowest BCUT2D eigenvalue weighted by Crippen LogP contribution is -2.46. The maximum Gasteiger partial charge on any atom is 0.222 e. The molecule has 1 atom stereocenters. The van der Waals surface area contributed by atoms with Crippen molar-refractivity contribution in [3.8, 4) is 0 Å². The molecule has 3 N–H and O–H groups in total. The van der Waals surface area contributed by atoms with E-state index in [0.717, 1.165) is 24.2 Å². The molecule has 33 heavy (non-hydrogen) atoms. The average molecular weight is 569 g/mol. The number of halogens is 2. The third kappa shape index (κ3) is 9.26. The number of hydrogen-bond acceptors (Lipinski definition) is 4. The second kappa shape index (κ2) is 14.8. The number of amides is 1. The van der Waals surface area contributed by atoms with Crippen molar-refractivity contribution < 1.29 is 13.9 Å². The predicted octanol–water partition coefficient (Wildman–Crippen LogP) is 2.69. The van der Waals surface area contributed by atoms with Crippen molar-refractivity contribution in [1.82, 2.24) is 20.9 Å². The van der Waals surface area contributed by atoms with E-state index in [4.69, 9.17) is 4.74 Å². The van der Waals surface area contributed by atoms with Gasteiger partial charge in [-0.2, -0.15) is 0 Å². The van der Waals surface area contributed by atoms with Crippen LogP contribution in [0.4, 0.5) is 4.39 Å². The molecule has 2 aromatic rings. The zero-order valence-electron chi connectivity index (χ0n) is 18.9. The van der Waals surface area contributed by atoms with Gasteiger partial charge in [0.25, 0.3) is 0 Å². The molecule has 7 nitrogen and oxygen atoms in total. The standard InChI is InChI=1S/C24H32FN5O2.HI/c1-26-24(27-12-11-23(31)28-17-19-5-3-2-4-6-19)29-18-22(30-13-15-32-16-14-30)20-7-9-21(25)10-8-20;/h2-10,22H,11-18H2,1H3,(H,28,31)(H2,26,27,29);1H. The van der Waals surface area contributed by atoms with Gasteiger partial charge in [-0.25, -0.2) is 4.39 Å². The van der Waals surface area contributed by atoms with Crippen LogP contribution in [0.15, 0.2) is 59.6 Å². The van der Waals surface area contributed by atoms with Crippen molar-refractivity contribution in [3.05, 3.63) is 71.5 Å². The van der Waals surface area contributed by atoms with E-state index in [2.05, 4.69) is 25.8 Å². The van der Waals surface area contributed by atoms with Gasteiger partial charge in [0.2, 0.25) is 5.91 Å². The van der Waals surface area contributed by atoms with Crippen LogP contribution in [0.25, 0.3) is 0 Å². The normalized spacial score (nSPS) is 15.3. The Morgan fingerprint density at radius 1 is 1.06 bits per heavy atom. The molecule has 0 bridgehead atoms. The number of aliphatic imine (C=N–C) groups is 1. The minimum atomic E-state index is -0.245. The Bertz CT molecular complexity index is 861. The molecule has 0 aromatic heterocycles. The third-order valence-electron chi connectivity index (χ3n) is 5.40. The highest BCUT2D eigenvalue weighted by molar-refractivity contribution is 14.0. The van der Waals surface area contributed by atoms with Crippen LogP contribution in [-0.4, -0.2) is 63.2 Å². The minimum absolute atomic E-state index is 0. The van der Waals surface area contributed by atoms with Gasteiger partial charge in [-0.3, -0.25) is 14.7 Å². The fourth-order valence-electron chi connectivity index (χ4n) is 3.63. The summed E-state index contributed by atoms with van der Waals surface area (Å²) in [5.74, 6) is 0.362. The summed E-state index contributed by atoms with van der Waals surface area (Å²) in [5, 5.41) is 9.46. The first-order chi connectivity index (χ1) is 15.7. The Hall–Kier alpha value is -2.24. The van der Waals surface area contributed by atoms with Crippen molar-refractivity contribution in [2.75, 3.05) is 46.4 Å². The highest BCUT2D eigenvalue weighted by atomic mass is 127. The summed E-state index contributed by atoms with van der Waals surface area (Å²) >= 11 is 0. The molecule has 1 aliphatic rings. The predicted molar refractivity (Wildman–Crippen MR) is 139 cm³/mol. The van der Waals surface area contributed by atoms with Crippen LogP contribution in [0.5, 0.6) is 0 Å². The quantitative estimate of drug-likeness (QED) is 0.246. The molecular weight excluding hydrogens is 536 g/mol. The van der Waals surface area contributed by atoms with Crippen molar-refractivity contribution in [3.63, 3.8) is 0 Å². The van der Waals surface area contributed by atoms with Crippen LogP contribution in [-0.2, 0) is 16.1 Å². The number of carbonyl (C=O) groups is 1. The Labute approximate surface area is 212 Å². The lowest BCUT2D eigenvalue weighted by Gasteiger charge is -2.35. The van der Waals surface area contributed by atoms with Gasteiger partial charge < -0.3 is 20.7 Å². The lowest BCUT2D eigenvalue weighted by atomic mass is 10.0. The number of carbonyl (C=O) groups excluding carboxylic acids is 1. The van der Waals surface area contributed by atoms with E-state index in [-0.39, 0.29) is 41.7 Å². The fraction of sp³-hybridized carbons (Fsp3) is 0.417. The summed E-state index contributed by atoms with van der Waals surface area (Å²) in [6, 6.07) is 16.5. The Morgan fingerprint density at radius 2 is 1.76 bits per heavy atom. The smallest absolute Gasteiger partial charge is 0.222 e. The maximum absolute atomic E-state index is 13.4. The molecule has 2 aromatic carbocycles. The van der Waals surface area contributed by atoms with Crippen molar-refractivity contribution >= 4 is 35.8 Å². The van der Waals surface area contributed by atoms with Gasteiger partial charge in [-0.05, 0) is 23.3 Å². The summed E-state index contributed by atoms with van der Waals surface area (Å²) < 4.78 is 18.9. The van der Waals surface area contributed by atoms with Crippen molar-refractivity contribution in [1.29, 1.82) is 0 Å². The highest BCUT2D eigenvalue weighted by Gasteiger charge is 2.23. The first kappa shape index (κ1) is 27.0. The van der Waals surface area contributed by atoms with Crippen LogP contribution >= 0.6 is 24.0 Å². The Kier molecular flexibility index (Phi) is 12.1. The number of hydrogen-bond donors (Lipinski definition) is 3. The van der Waals surface area contributed by atoms with Gasteiger partial charge in [-0.15, -0.1) is 24.0 Å². The van der Waals surface area contributed by atoms with E-state index in [1.165, 1.54) is 12.1 Å². The monoisotopic (exact) mass is 569 g/mol. The number of guanidine groups is 1. The van der Waals surface area contributed by atoms with Crippen molar-refractivity contribution in [2.45, 2.75) is 19.0 Å². The minimum Gasteiger partial charge on any atom is -0.379 e. The Morgan fingerprint density at radius 3 is 2.42 bits per heavy atom. The molecule has 1 saturated heterocycles. The molecule has 1 unspecified atom stereocenters. The van der Waals surface area contributed by atoms with Gasteiger partial charge in [0.15, 0.2) is 5.96 Å². The number of nitrogens with zero attached hydrogens (tertiary/aromatic N) is 2. The molecule has 180 valence electrons. The molecular formula is C24H33FIN5O2. The highest BCUT2D eigenvalue weighted by Crippen LogP contribution is 2.21. The number of rotatable bonds is 9. The van der Waals surface area contributed by atoms with Crippen LogP contribution in [0.2, 0.25) is 0 Å². The number of ether oxygens (including phenoxy) is 1. The van der Waals surface area contributed by atoms with E-state index in [1.807, 2.05) is 42.5 Å². The number of benzene rings is 2. The largest absolute Gasteiger partial charge is 0.379 e. The van der Waals surface area contributed by atoms with E-state index < -0.39 is 0 Å². The van der Waals surface area contributed by atoms with E-state index >= 15 is 0 Å². The average Bonchev–Trinajstić information content (AvgIpc) is 2.84. The molecule has 1 fully saturated rings. The van der Waals surface area contributed by atoms with Gasteiger partial charge >= 0.3 is 0 Å². The number of morpholine rings is 1.